The Labute approximate surface area is 179 Å². The topological polar surface area (TPSA) is 65.5 Å². The van der Waals surface area contributed by atoms with Gasteiger partial charge in [0.15, 0.2) is 5.96 Å². The second-order valence-corrected chi connectivity index (χ2v) is 7.67. The van der Waals surface area contributed by atoms with Crippen molar-refractivity contribution in [3.05, 3.63) is 51.2 Å². The van der Waals surface area contributed by atoms with Gasteiger partial charge in [0.05, 0.1) is 4.34 Å². The van der Waals surface area contributed by atoms with Crippen molar-refractivity contribution in [3.63, 3.8) is 0 Å². The molecule has 140 valence electrons. The van der Waals surface area contributed by atoms with Gasteiger partial charge in [0.25, 0.3) is 0 Å². The first kappa shape index (κ1) is 21.0. The van der Waals surface area contributed by atoms with Crippen LogP contribution in [0.5, 0.6) is 0 Å². The van der Waals surface area contributed by atoms with Gasteiger partial charge >= 0.3 is 0 Å². The van der Waals surface area contributed by atoms with E-state index in [2.05, 4.69) is 27.0 Å². The molecule has 1 amide bonds. The van der Waals surface area contributed by atoms with E-state index in [-0.39, 0.29) is 35.8 Å². The van der Waals surface area contributed by atoms with Gasteiger partial charge in [0, 0.05) is 43.0 Å². The molecule has 1 aliphatic heterocycles. The van der Waals surface area contributed by atoms with Crippen molar-refractivity contribution < 1.29 is 4.79 Å². The highest BCUT2D eigenvalue weighted by molar-refractivity contribution is 14.0. The summed E-state index contributed by atoms with van der Waals surface area (Å²) in [7, 11) is 1.75. The molecule has 8 heteroatoms. The summed E-state index contributed by atoms with van der Waals surface area (Å²) in [6, 6.07) is 11.9. The molecule has 0 fully saturated rings. The van der Waals surface area contributed by atoms with Gasteiger partial charge in [-0.15, -0.1) is 35.3 Å². The third kappa shape index (κ3) is 5.59. The smallest absolute Gasteiger partial charge is 0.225 e. The van der Waals surface area contributed by atoms with E-state index in [1.807, 2.05) is 30.3 Å². The van der Waals surface area contributed by atoms with Crippen LogP contribution in [0.25, 0.3) is 0 Å². The molecule has 1 atom stereocenters. The number of guanidine groups is 1. The summed E-state index contributed by atoms with van der Waals surface area (Å²) in [4.78, 5) is 17.4. The summed E-state index contributed by atoms with van der Waals surface area (Å²) in [6.07, 6.45) is 1.38. The third-order valence-corrected chi connectivity index (χ3v) is 5.43. The van der Waals surface area contributed by atoms with E-state index in [4.69, 9.17) is 11.6 Å². The predicted octanol–water partition coefficient (Wildman–Crippen LogP) is 3.85. The lowest BCUT2D eigenvalue weighted by Crippen LogP contribution is -2.41. The Morgan fingerprint density at radius 1 is 1.31 bits per heavy atom. The van der Waals surface area contributed by atoms with Gasteiger partial charge < -0.3 is 16.0 Å². The van der Waals surface area contributed by atoms with E-state index in [1.165, 1.54) is 10.4 Å². The quantitative estimate of drug-likeness (QED) is 0.329. The number of para-hydroxylation sites is 1. The number of thiophene rings is 1. The summed E-state index contributed by atoms with van der Waals surface area (Å²) in [5.41, 5.74) is 2.07. The van der Waals surface area contributed by atoms with Crippen LogP contribution in [-0.4, -0.2) is 32.0 Å². The summed E-state index contributed by atoms with van der Waals surface area (Å²) >= 11 is 7.54. The first-order valence-corrected chi connectivity index (χ1v) is 9.42. The molecule has 1 unspecified atom stereocenters. The number of anilines is 1. The zero-order chi connectivity index (χ0) is 17.6. The van der Waals surface area contributed by atoms with Gasteiger partial charge in [0.1, 0.15) is 0 Å². The number of nitrogens with zero attached hydrogens (tertiary/aromatic N) is 1. The van der Waals surface area contributed by atoms with Crippen LogP contribution >= 0.6 is 46.9 Å². The van der Waals surface area contributed by atoms with E-state index in [0.29, 0.717) is 13.0 Å². The van der Waals surface area contributed by atoms with E-state index >= 15 is 0 Å². The van der Waals surface area contributed by atoms with Gasteiger partial charge in [-0.05, 0) is 30.2 Å². The molecule has 1 aliphatic rings. The number of carbonyl (C=O) groups is 1. The maximum atomic E-state index is 11.9. The van der Waals surface area contributed by atoms with Crippen molar-refractivity contribution in [1.29, 1.82) is 0 Å². The molecule has 3 rings (SSSR count). The number of hydrogen-bond acceptors (Lipinski definition) is 3. The lowest BCUT2D eigenvalue weighted by atomic mass is 9.90. The van der Waals surface area contributed by atoms with Crippen LogP contribution in [0, 0.1) is 0 Å². The van der Waals surface area contributed by atoms with Gasteiger partial charge in [0.2, 0.25) is 5.91 Å². The molecule has 0 radical (unpaired) electrons. The van der Waals surface area contributed by atoms with Crippen molar-refractivity contribution in [2.45, 2.75) is 18.8 Å². The molecule has 0 saturated heterocycles. The van der Waals surface area contributed by atoms with Crippen molar-refractivity contribution >= 4 is 64.5 Å². The van der Waals surface area contributed by atoms with Crippen LogP contribution in [-0.2, 0) is 11.2 Å². The SMILES string of the molecule is CN=C(NCCc1ccc(Cl)s1)NCC1CC(=O)Nc2ccccc21.I. The molecule has 3 N–H and O–H groups in total. The summed E-state index contributed by atoms with van der Waals surface area (Å²) in [5.74, 6) is 0.939. The lowest BCUT2D eigenvalue weighted by molar-refractivity contribution is -0.116. The standard InChI is InChI=1S/C18H21ClN4OS.HI/c1-20-18(21-9-8-13-6-7-16(19)25-13)22-11-12-10-17(24)23-15-5-3-2-4-14(12)15;/h2-7,12H,8-11H2,1H3,(H,23,24)(H2,20,21,22);1H. The number of benzene rings is 1. The minimum atomic E-state index is 0. The molecule has 1 aromatic heterocycles. The van der Waals surface area contributed by atoms with Crippen LogP contribution in [0.3, 0.4) is 0 Å². The minimum Gasteiger partial charge on any atom is -0.356 e. The number of hydrogen-bond donors (Lipinski definition) is 3. The minimum absolute atomic E-state index is 0. The fourth-order valence-corrected chi connectivity index (χ4v) is 4.00. The zero-order valence-electron chi connectivity index (χ0n) is 14.4. The van der Waals surface area contributed by atoms with Crippen LogP contribution in [0.4, 0.5) is 5.69 Å². The lowest BCUT2D eigenvalue weighted by Gasteiger charge is -2.26. The van der Waals surface area contributed by atoms with E-state index < -0.39 is 0 Å². The summed E-state index contributed by atoms with van der Waals surface area (Å²) in [6.45, 7) is 1.44. The molecule has 0 spiro atoms. The number of amides is 1. The Morgan fingerprint density at radius 3 is 2.85 bits per heavy atom. The van der Waals surface area contributed by atoms with E-state index in [1.54, 1.807) is 18.4 Å². The van der Waals surface area contributed by atoms with Gasteiger partial charge in [-0.1, -0.05) is 29.8 Å². The molecular formula is C18H22ClIN4OS. The number of aliphatic imine (C=N–C) groups is 1. The fraction of sp³-hybridized carbons (Fsp3) is 0.333. The van der Waals surface area contributed by atoms with Gasteiger partial charge in [-0.25, -0.2) is 0 Å². The van der Waals surface area contributed by atoms with E-state index in [9.17, 15) is 4.79 Å². The first-order valence-electron chi connectivity index (χ1n) is 8.23. The zero-order valence-corrected chi connectivity index (χ0v) is 18.3. The molecule has 0 bridgehead atoms. The molecule has 26 heavy (non-hydrogen) atoms. The average molecular weight is 505 g/mol. The second-order valence-electron chi connectivity index (χ2n) is 5.87. The van der Waals surface area contributed by atoms with Crippen LogP contribution in [0.15, 0.2) is 41.4 Å². The number of fused-ring (bicyclic) bond motifs is 1. The van der Waals surface area contributed by atoms with Crippen molar-refractivity contribution in [1.82, 2.24) is 10.6 Å². The Hall–Kier alpha value is -1.32. The third-order valence-electron chi connectivity index (χ3n) is 4.14. The van der Waals surface area contributed by atoms with Crippen LogP contribution in [0.1, 0.15) is 22.8 Å². The number of halogens is 2. The van der Waals surface area contributed by atoms with Gasteiger partial charge in [-0.3, -0.25) is 9.79 Å². The summed E-state index contributed by atoms with van der Waals surface area (Å²) < 4.78 is 0.812. The van der Waals surface area contributed by atoms with Crippen molar-refractivity contribution in [3.8, 4) is 0 Å². The highest BCUT2D eigenvalue weighted by atomic mass is 127. The van der Waals surface area contributed by atoms with Crippen molar-refractivity contribution in [2.24, 2.45) is 4.99 Å². The number of nitrogens with one attached hydrogen (secondary N) is 3. The molecule has 2 aromatic rings. The Bertz CT molecular complexity index is 780. The molecule has 0 saturated carbocycles. The summed E-state index contributed by atoms with van der Waals surface area (Å²) in [5, 5.41) is 9.56. The van der Waals surface area contributed by atoms with E-state index in [0.717, 1.165) is 28.9 Å². The Kier molecular flexibility index (Phi) is 8.17. The Balaban J connectivity index is 0.00000243. The average Bonchev–Trinajstić information content (AvgIpc) is 3.02. The monoisotopic (exact) mass is 504 g/mol. The molecule has 0 aliphatic carbocycles. The first-order chi connectivity index (χ1) is 12.2. The molecule has 1 aromatic carbocycles. The Morgan fingerprint density at radius 2 is 2.12 bits per heavy atom. The predicted molar refractivity (Wildman–Crippen MR) is 120 cm³/mol. The largest absolute Gasteiger partial charge is 0.356 e. The molecule has 2 heterocycles. The van der Waals surface area contributed by atoms with Crippen LogP contribution in [0.2, 0.25) is 4.34 Å². The van der Waals surface area contributed by atoms with Crippen LogP contribution < -0.4 is 16.0 Å². The fourth-order valence-electron chi connectivity index (χ4n) is 2.91. The maximum absolute atomic E-state index is 11.9. The number of carbonyl (C=O) groups excluding carboxylic acids is 1. The molecule has 5 nitrogen and oxygen atoms in total. The number of rotatable bonds is 5. The maximum Gasteiger partial charge on any atom is 0.225 e. The normalized spacial score (nSPS) is 16.3. The van der Waals surface area contributed by atoms with Gasteiger partial charge in [-0.2, -0.15) is 0 Å². The van der Waals surface area contributed by atoms with Crippen molar-refractivity contribution in [2.75, 3.05) is 25.5 Å². The second kappa shape index (κ2) is 10.1. The highest BCUT2D eigenvalue weighted by Crippen LogP contribution is 2.31. The highest BCUT2D eigenvalue weighted by Gasteiger charge is 2.24. The molecular weight excluding hydrogens is 483 g/mol.